The lowest BCUT2D eigenvalue weighted by Crippen LogP contribution is -2.38. The molecule has 1 aliphatic carbocycles. The van der Waals surface area contributed by atoms with Gasteiger partial charge in [0.05, 0.1) is 25.2 Å². The van der Waals surface area contributed by atoms with Gasteiger partial charge in [0, 0.05) is 36.9 Å². The van der Waals surface area contributed by atoms with E-state index in [1.165, 1.54) is 24.4 Å². The van der Waals surface area contributed by atoms with Gasteiger partial charge in [-0.1, -0.05) is 36.7 Å². The number of carbonyl (C=O) groups excluding carboxylic acids is 2. The van der Waals surface area contributed by atoms with E-state index in [1.54, 1.807) is 25.2 Å². The molecule has 2 aromatic carbocycles. The Kier molecular flexibility index (Phi) is 11.9. The first-order valence-corrected chi connectivity index (χ1v) is 18.7. The summed E-state index contributed by atoms with van der Waals surface area (Å²) in [5.74, 6) is -0.447. The first-order valence-electron chi connectivity index (χ1n) is 16.6. The van der Waals surface area contributed by atoms with Crippen molar-refractivity contribution in [3.8, 4) is 5.75 Å². The summed E-state index contributed by atoms with van der Waals surface area (Å²) in [6, 6.07) is 11.3. The van der Waals surface area contributed by atoms with Crippen molar-refractivity contribution in [2.24, 2.45) is 22.1 Å². The fraction of sp³-hybridized carbons (Fsp3) is 0.472. The maximum absolute atomic E-state index is 14.4. The molecule has 48 heavy (non-hydrogen) atoms. The number of allylic oxidation sites excluding steroid dienone is 2. The number of carbonyl (C=O) groups is 2. The predicted octanol–water partition coefficient (Wildman–Crippen LogP) is 6.44. The molecule has 0 saturated heterocycles. The van der Waals surface area contributed by atoms with Gasteiger partial charge < -0.3 is 19.7 Å². The number of rotatable bonds is 4. The largest absolute Gasteiger partial charge is 0.491 e. The van der Waals surface area contributed by atoms with Crippen LogP contribution in [0.15, 0.2) is 64.7 Å². The Balaban J connectivity index is 1.60. The molecule has 0 radical (unpaired) electrons. The number of methoxy groups -OCH3 is 1. The molecule has 1 saturated carbocycles. The van der Waals surface area contributed by atoms with E-state index in [2.05, 4.69) is 43.6 Å². The Morgan fingerprint density at radius 2 is 1.92 bits per heavy atom. The molecule has 0 spiro atoms. The van der Waals surface area contributed by atoms with Gasteiger partial charge in [-0.05, 0) is 104 Å². The highest BCUT2D eigenvalue weighted by Crippen LogP contribution is 2.41. The molecule has 2 aliphatic heterocycles. The van der Waals surface area contributed by atoms with Crippen molar-refractivity contribution in [1.29, 1.82) is 5.41 Å². The zero-order chi connectivity index (χ0) is 34.3. The second kappa shape index (κ2) is 16.0. The van der Waals surface area contributed by atoms with Gasteiger partial charge in [0.15, 0.2) is 0 Å². The summed E-state index contributed by atoms with van der Waals surface area (Å²) in [5.41, 5.74) is 3.26. The van der Waals surface area contributed by atoms with Crippen molar-refractivity contribution in [2.75, 3.05) is 38.0 Å². The van der Waals surface area contributed by atoms with Crippen molar-refractivity contribution >= 4 is 44.9 Å². The molecule has 2 amide bonds. The van der Waals surface area contributed by atoms with Gasteiger partial charge in [-0.3, -0.25) is 19.7 Å². The number of amides is 2. The number of hydrogen-bond donors (Lipinski definition) is 3. The zero-order valence-corrected chi connectivity index (χ0v) is 29.5. The molecule has 3 aliphatic rings. The Morgan fingerprint density at radius 3 is 2.67 bits per heavy atom. The highest BCUT2D eigenvalue weighted by atomic mass is 35.5. The van der Waals surface area contributed by atoms with E-state index in [-0.39, 0.29) is 22.8 Å². The van der Waals surface area contributed by atoms with Gasteiger partial charge in [0.25, 0.3) is 11.8 Å². The van der Waals surface area contributed by atoms with Crippen molar-refractivity contribution in [3.05, 3.63) is 82.0 Å². The number of aryl methyl sites for hydroxylation is 1. The fourth-order valence-corrected chi connectivity index (χ4v) is 8.63. The van der Waals surface area contributed by atoms with Crippen molar-refractivity contribution in [1.82, 2.24) is 10.0 Å². The summed E-state index contributed by atoms with van der Waals surface area (Å²) in [5, 5.41) is 11.5. The minimum atomic E-state index is -3.62. The number of hydrogen-bond acceptors (Lipinski definition) is 8. The molecular weight excluding hydrogens is 650 g/mol. The summed E-state index contributed by atoms with van der Waals surface area (Å²) in [6.07, 6.45) is 12.2. The smallest absolute Gasteiger partial charge is 0.286 e. The van der Waals surface area contributed by atoms with E-state index in [9.17, 15) is 13.8 Å². The van der Waals surface area contributed by atoms with Gasteiger partial charge in [0.2, 0.25) is 5.90 Å². The monoisotopic (exact) mass is 695 g/mol. The lowest BCUT2D eigenvalue weighted by atomic mass is 9.71. The standard InChI is InChI=1S/C36H46ClN5O5S/c1-24-8-4-5-9-25-11-12-28(25)21-42-22-29-13-15-30(37)18-26(29)10-6-7-17-47-33-16-14-27(19-32(33)42)35(43)40-48(45,23-24)41-36(44)31(20-39-2)34(38)46-3/h4-5,13-16,18-20,24-25,28,38-39H,6-12,17,21-23H2,1-3H3,(H,40,41,43,44,45)/b5-4+,31-20+,38-34?/t24-,25+,28-,48?/m0/s1. The van der Waals surface area contributed by atoms with Crippen LogP contribution in [0.1, 0.15) is 66.9 Å². The van der Waals surface area contributed by atoms with Crippen molar-refractivity contribution in [2.45, 2.75) is 58.4 Å². The molecule has 3 N–H and O–H groups in total. The lowest BCUT2D eigenvalue weighted by Gasteiger charge is -2.41. The number of anilines is 1. The van der Waals surface area contributed by atoms with Crippen LogP contribution in [0.2, 0.25) is 5.02 Å². The van der Waals surface area contributed by atoms with Crippen LogP contribution in [0.5, 0.6) is 5.75 Å². The minimum Gasteiger partial charge on any atom is -0.491 e. The number of nitrogens with zero attached hydrogens (tertiary/aromatic N) is 2. The molecular formula is C36H46ClN5O5S. The van der Waals surface area contributed by atoms with Crippen LogP contribution < -0.4 is 19.7 Å². The van der Waals surface area contributed by atoms with E-state index in [0.29, 0.717) is 42.2 Å². The second-order valence-electron chi connectivity index (χ2n) is 12.9. The molecule has 1 unspecified atom stereocenters. The molecule has 2 aromatic rings. The Bertz CT molecular complexity index is 1720. The summed E-state index contributed by atoms with van der Waals surface area (Å²) in [6.45, 7) is 3.86. The van der Waals surface area contributed by atoms with Gasteiger partial charge >= 0.3 is 0 Å². The summed E-state index contributed by atoms with van der Waals surface area (Å²) in [4.78, 5) is 29.5. The third-order valence-corrected chi connectivity index (χ3v) is 11.5. The molecule has 258 valence electrons. The SMILES string of the molecule is CN/C=C(\C(=N)OC)C(=O)NS1(=O)=NC(=O)c2ccc3c(c2)N(Cc2ccc(Cl)cc2CCCCO3)C[C@@H]2CC[C@H]2C/C=C/C[C@H](C)C1. The van der Waals surface area contributed by atoms with E-state index >= 15 is 0 Å². The third kappa shape index (κ3) is 8.79. The van der Waals surface area contributed by atoms with E-state index in [1.807, 2.05) is 13.0 Å². The summed E-state index contributed by atoms with van der Waals surface area (Å²) >= 11 is 6.43. The molecule has 10 nitrogen and oxygen atoms in total. The minimum absolute atomic E-state index is 0.0481. The van der Waals surface area contributed by atoms with Gasteiger partial charge in [0.1, 0.15) is 21.2 Å². The van der Waals surface area contributed by atoms with Crippen LogP contribution in [0, 0.1) is 23.2 Å². The normalized spacial score (nSPS) is 25.8. The fourth-order valence-electron chi connectivity index (χ4n) is 6.56. The first-order chi connectivity index (χ1) is 23.1. The maximum Gasteiger partial charge on any atom is 0.286 e. The van der Waals surface area contributed by atoms with Crippen LogP contribution >= 0.6 is 11.6 Å². The third-order valence-electron chi connectivity index (χ3n) is 9.32. The first kappa shape index (κ1) is 35.5. The van der Waals surface area contributed by atoms with E-state index < -0.39 is 27.6 Å². The molecule has 1 fully saturated rings. The highest BCUT2D eigenvalue weighted by Gasteiger charge is 2.33. The molecule has 5 rings (SSSR count). The number of halogens is 1. The number of ether oxygens (including phenoxy) is 2. The second-order valence-corrected chi connectivity index (χ2v) is 15.4. The predicted molar refractivity (Wildman–Crippen MR) is 191 cm³/mol. The zero-order valence-electron chi connectivity index (χ0n) is 27.9. The van der Waals surface area contributed by atoms with Crippen LogP contribution in [-0.4, -0.2) is 55.0 Å². The molecule has 2 heterocycles. The lowest BCUT2D eigenvalue weighted by molar-refractivity contribution is -0.115. The highest BCUT2D eigenvalue weighted by molar-refractivity contribution is 7.92. The summed E-state index contributed by atoms with van der Waals surface area (Å²) < 4.78 is 32.4. The molecule has 2 bridgehead atoms. The Labute approximate surface area is 289 Å². The molecule has 0 aromatic heterocycles. The quantitative estimate of drug-likeness (QED) is 0.145. The number of fused-ring (bicyclic) bond motifs is 3. The molecule has 4 atom stereocenters. The maximum atomic E-state index is 14.4. The van der Waals surface area contributed by atoms with Crippen molar-refractivity contribution < 1.29 is 23.3 Å². The van der Waals surface area contributed by atoms with Crippen molar-refractivity contribution in [3.63, 3.8) is 0 Å². The summed E-state index contributed by atoms with van der Waals surface area (Å²) in [7, 11) is -0.778. The van der Waals surface area contributed by atoms with Gasteiger partial charge in [-0.15, -0.1) is 4.36 Å². The average Bonchev–Trinajstić information content (AvgIpc) is 3.07. The van der Waals surface area contributed by atoms with Crippen LogP contribution in [0.4, 0.5) is 5.69 Å². The Morgan fingerprint density at radius 1 is 1.12 bits per heavy atom. The van der Waals surface area contributed by atoms with E-state index in [4.69, 9.17) is 26.5 Å². The topological polar surface area (TPSA) is 133 Å². The molecule has 12 heteroatoms. The van der Waals surface area contributed by atoms with Crippen LogP contribution in [-0.2, 0) is 32.4 Å². The Hall–Kier alpha value is -3.83. The van der Waals surface area contributed by atoms with E-state index in [0.717, 1.165) is 50.8 Å². The van der Waals surface area contributed by atoms with Crippen LogP contribution in [0.3, 0.4) is 0 Å². The number of benzene rings is 2. The number of nitrogens with one attached hydrogen (secondary N) is 3. The average molecular weight is 696 g/mol. The van der Waals surface area contributed by atoms with Gasteiger partial charge in [-0.25, -0.2) is 4.21 Å². The van der Waals surface area contributed by atoms with Crippen LogP contribution in [0.25, 0.3) is 0 Å². The van der Waals surface area contributed by atoms with Gasteiger partial charge in [-0.2, -0.15) is 0 Å².